The lowest BCUT2D eigenvalue weighted by Crippen LogP contribution is -2.07. The highest BCUT2D eigenvalue weighted by molar-refractivity contribution is 7.12. The molecule has 0 fully saturated rings. The van der Waals surface area contributed by atoms with E-state index in [4.69, 9.17) is 0 Å². The van der Waals surface area contributed by atoms with Crippen LogP contribution in [0.3, 0.4) is 0 Å². The largest absolute Gasteiger partial charge is 0.384 e. The first-order valence-electron chi connectivity index (χ1n) is 6.62. The number of aryl methyl sites for hydroxylation is 2. The van der Waals surface area contributed by atoms with Gasteiger partial charge in [0.05, 0.1) is 23.8 Å². The van der Waals surface area contributed by atoms with E-state index in [2.05, 4.69) is 55.4 Å². The number of pyridine rings is 1. The van der Waals surface area contributed by atoms with Crippen LogP contribution in [-0.2, 0) is 0 Å². The zero-order valence-corrected chi connectivity index (χ0v) is 12.8. The molecule has 0 aromatic carbocycles. The Kier molecular flexibility index (Phi) is 4.43. The fourth-order valence-corrected chi connectivity index (χ4v) is 3.25. The van der Waals surface area contributed by atoms with Gasteiger partial charge in [0.25, 0.3) is 0 Å². The quantitative estimate of drug-likeness (QED) is 0.851. The monoisotopic (exact) mass is 275 g/mol. The molecular weight excluding hydrogens is 254 g/mol. The molecule has 19 heavy (non-hydrogen) atoms. The minimum atomic E-state index is 0.295. The summed E-state index contributed by atoms with van der Waals surface area (Å²) in [5.41, 5.74) is 3.48. The normalized spacial score (nSPS) is 12.2. The average molecular weight is 275 g/mol. The van der Waals surface area contributed by atoms with Gasteiger partial charge in [0.1, 0.15) is 0 Å². The van der Waals surface area contributed by atoms with E-state index in [9.17, 15) is 0 Å². The lowest BCUT2D eigenvalue weighted by molar-refractivity contribution is 0.880. The number of rotatable bonds is 5. The Hall–Kier alpha value is -1.55. The van der Waals surface area contributed by atoms with Gasteiger partial charge in [-0.05, 0) is 45.4 Å². The Morgan fingerprint density at radius 1 is 1.21 bits per heavy atom. The number of hydrogen-bond acceptors (Lipinski definition) is 4. The van der Waals surface area contributed by atoms with Gasteiger partial charge in [-0.3, -0.25) is 4.98 Å². The van der Waals surface area contributed by atoms with Gasteiger partial charge in [0.2, 0.25) is 0 Å². The van der Waals surface area contributed by atoms with Crippen molar-refractivity contribution in [2.24, 2.45) is 0 Å². The molecule has 2 aromatic heterocycles. The fraction of sp³-hybridized carbons (Fsp3) is 0.400. The summed E-state index contributed by atoms with van der Waals surface area (Å²) < 4.78 is 0. The first-order chi connectivity index (χ1) is 9.10. The maximum absolute atomic E-state index is 4.26. The van der Waals surface area contributed by atoms with Crippen LogP contribution in [0.15, 0.2) is 24.5 Å². The number of aromatic nitrogens is 1. The Bertz CT molecular complexity index is 548. The highest BCUT2D eigenvalue weighted by Crippen LogP contribution is 2.28. The number of nitrogens with zero attached hydrogens (tertiary/aromatic N) is 1. The van der Waals surface area contributed by atoms with Crippen LogP contribution in [0.25, 0.3) is 0 Å². The minimum absolute atomic E-state index is 0.295. The molecule has 4 heteroatoms. The molecule has 2 N–H and O–H groups in total. The Morgan fingerprint density at radius 2 is 1.95 bits per heavy atom. The van der Waals surface area contributed by atoms with E-state index in [0.717, 1.165) is 17.9 Å². The highest BCUT2D eigenvalue weighted by atomic mass is 32.1. The summed E-state index contributed by atoms with van der Waals surface area (Å²) in [5.74, 6) is 0. The summed E-state index contributed by atoms with van der Waals surface area (Å²) in [7, 11) is 0. The van der Waals surface area contributed by atoms with E-state index in [1.165, 1.54) is 15.3 Å². The summed E-state index contributed by atoms with van der Waals surface area (Å²) in [5, 5.41) is 6.79. The van der Waals surface area contributed by atoms with Crippen LogP contribution < -0.4 is 10.6 Å². The molecule has 0 aliphatic heterocycles. The molecule has 0 saturated carbocycles. The molecule has 0 bridgehead atoms. The van der Waals surface area contributed by atoms with Crippen molar-refractivity contribution in [1.82, 2.24) is 4.98 Å². The molecule has 0 amide bonds. The van der Waals surface area contributed by atoms with Crippen molar-refractivity contribution in [3.63, 3.8) is 0 Å². The minimum Gasteiger partial charge on any atom is -0.384 e. The van der Waals surface area contributed by atoms with Gasteiger partial charge < -0.3 is 10.6 Å². The molecule has 1 unspecified atom stereocenters. The maximum Gasteiger partial charge on any atom is 0.0552 e. The summed E-state index contributed by atoms with van der Waals surface area (Å²) in [6.45, 7) is 9.51. The van der Waals surface area contributed by atoms with Crippen LogP contribution in [0.5, 0.6) is 0 Å². The molecule has 2 heterocycles. The number of nitrogens with one attached hydrogen (secondary N) is 2. The second-order valence-corrected chi connectivity index (χ2v) is 6.19. The van der Waals surface area contributed by atoms with Crippen molar-refractivity contribution in [3.8, 4) is 0 Å². The van der Waals surface area contributed by atoms with Gasteiger partial charge >= 0.3 is 0 Å². The molecule has 3 nitrogen and oxygen atoms in total. The second kappa shape index (κ2) is 6.06. The number of hydrogen-bond donors (Lipinski definition) is 2. The Morgan fingerprint density at radius 3 is 2.58 bits per heavy atom. The molecular formula is C15H21N3S. The molecule has 1 atom stereocenters. The Balaban J connectivity index is 2.12. The fourth-order valence-electron chi connectivity index (χ4n) is 2.23. The molecule has 2 rings (SSSR count). The smallest absolute Gasteiger partial charge is 0.0552 e. The van der Waals surface area contributed by atoms with Crippen LogP contribution >= 0.6 is 11.3 Å². The summed E-state index contributed by atoms with van der Waals surface area (Å²) >= 11 is 1.85. The predicted octanol–water partition coefficient (Wildman–Crippen LogP) is 4.36. The molecule has 0 aliphatic rings. The predicted molar refractivity (Wildman–Crippen MR) is 84.2 cm³/mol. The van der Waals surface area contributed by atoms with Crippen molar-refractivity contribution in [1.29, 1.82) is 0 Å². The van der Waals surface area contributed by atoms with E-state index in [1.807, 2.05) is 23.7 Å². The van der Waals surface area contributed by atoms with Gasteiger partial charge in [-0.2, -0.15) is 0 Å². The van der Waals surface area contributed by atoms with Gasteiger partial charge in [0, 0.05) is 22.3 Å². The van der Waals surface area contributed by atoms with Gasteiger partial charge in [0.15, 0.2) is 0 Å². The van der Waals surface area contributed by atoms with Crippen LogP contribution in [-0.4, -0.2) is 11.5 Å². The van der Waals surface area contributed by atoms with Gasteiger partial charge in [-0.1, -0.05) is 0 Å². The lowest BCUT2D eigenvalue weighted by Gasteiger charge is -2.16. The van der Waals surface area contributed by atoms with E-state index in [0.29, 0.717) is 6.04 Å². The van der Waals surface area contributed by atoms with E-state index in [-0.39, 0.29) is 0 Å². The van der Waals surface area contributed by atoms with Gasteiger partial charge in [-0.25, -0.2) is 0 Å². The van der Waals surface area contributed by atoms with Crippen LogP contribution in [0.1, 0.15) is 35.2 Å². The van der Waals surface area contributed by atoms with Crippen molar-refractivity contribution in [2.75, 3.05) is 17.2 Å². The molecule has 102 valence electrons. The average Bonchev–Trinajstić information content (AvgIpc) is 2.69. The molecule has 0 radical (unpaired) electrons. The highest BCUT2D eigenvalue weighted by Gasteiger charge is 2.11. The molecule has 0 aliphatic carbocycles. The van der Waals surface area contributed by atoms with Crippen molar-refractivity contribution in [3.05, 3.63) is 39.8 Å². The van der Waals surface area contributed by atoms with Crippen molar-refractivity contribution in [2.45, 2.75) is 33.7 Å². The Labute approximate surface area is 119 Å². The summed E-state index contributed by atoms with van der Waals surface area (Å²) in [4.78, 5) is 7.00. The summed E-state index contributed by atoms with van der Waals surface area (Å²) in [6.07, 6.45) is 3.71. The van der Waals surface area contributed by atoms with Gasteiger partial charge in [-0.15, -0.1) is 11.3 Å². The summed E-state index contributed by atoms with van der Waals surface area (Å²) in [6, 6.07) is 4.66. The van der Waals surface area contributed by atoms with Crippen LogP contribution in [0.2, 0.25) is 0 Å². The van der Waals surface area contributed by atoms with E-state index < -0.39 is 0 Å². The zero-order chi connectivity index (χ0) is 13.8. The maximum atomic E-state index is 4.26. The third-order valence-corrected chi connectivity index (χ3v) is 4.03. The second-order valence-electron chi connectivity index (χ2n) is 4.73. The van der Waals surface area contributed by atoms with Crippen LogP contribution in [0.4, 0.5) is 11.4 Å². The molecule has 0 saturated heterocycles. The van der Waals surface area contributed by atoms with Crippen LogP contribution in [0, 0.1) is 13.8 Å². The third kappa shape index (κ3) is 3.47. The van der Waals surface area contributed by atoms with E-state index in [1.54, 1.807) is 0 Å². The third-order valence-electron chi connectivity index (χ3n) is 3.05. The molecule has 0 spiro atoms. The number of thiophene rings is 1. The van der Waals surface area contributed by atoms with Crippen molar-refractivity contribution < 1.29 is 0 Å². The first-order valence-corrected chi connectivity index (χ1v) is 7.44. The number of anilines is 2. The van der Waals surface area contributed by atoms with Crippen molar-refractivity contribution >= 4 is 22.7 Å². The van der Waals surface area contributed by atoms with E-state index >= 15 is 0 Å². The topological polar surface area (TPSA) is 37.0 Å². The standard InChI is InChI=1S/C15H21N3S/c1-5-17-13-7-14(9-16-8-13)18-11(3)15-6-10(2)19-12(15)4/h6-9,11,17-18H,5H2,1-4H3. The lowest BCUT2D eigenvalue weighted by atomic mass is 10.1. The SMILES string of the molecule is CCNc1cncc(NC(C)c2cc(C)sc2C)c1. The first kappa shape index (κ1) is 13.9. The molecule has 2 aromatic rings. The zero-order valence-electron chi connectivity index (χ0n) is 11.9.